The van der Waals surface area contributed by atoms with Gasteiger partial charge in [-0.1, -0.05) is 27.7 Å². The SMILES string of the molecule is CC1=[C-]CC(C)=C1C.CC1=[C-]CC(C)=C1C.[Br-].[Br-].[Hf+4]. The standard InChI is InChI=1S/2C8H11.2BrH.Hf/c2*1-6-4-5-7(2)8(6)3;;;/h2*4H2,1-3H3;2*1H;/q2*-1;;;+4/p-2. The zero-order chi connectivity index (χ0) is 12.3. The fraction of sp³-hybridized carbons (Fsp3) is 0.500. The van der Waals surface area contributed by atoms with Crippen molar-refractivity contribution in [3.8, 4) is 0 Å². The Hall–Kier alpha value is 0.790. The van der Waals surface area contributed by atoms with Crippen molar-refractivity contribution in [3.63, 3.8) is 0 Å². The third-order valence-electron chi connectivity index (χ3n) is 3.64. The normalized spacial score (nSPS) is 16.5. The molecule has 104 valence electrons. The largest absolute Gasteiger partial charge is 4.00 e. The molecule has 3 heteroatoms. The maximum atomic E-state index is 3.26. The van der Waals surface area contributed by atoms with Gasteiger partial charge in [0.2, 0.25) is 0 Å². The van der Waals surface area contributed by atoms with E-state index in [0.29, 0.717) is 0 Å². The molecule has 0 aliphatic heterocycles. The molecule has 2 rings (SSSR count). The van der Waals surface area contributed by atoms with Crippen LogP contribution >= 0.6 is 0 Å². The predicted molar refractivity (Wildman–Crippen MR) is 70.8 cm³/mol. The van der Waals surface area contributed by atoms with E-state index in [1.807, 2.05) is 0 Å². The molecule has 0 saturated heterocycles. The molecule has 0 bridgehead atoms. The molecule has 2 aliphatic rings. The van der Waals surface area contributed by atoms with Crippen LogP contribution in [-0.2, 0) is 25.8 Å². The van der Waals surface area contributed by atoms with E-state index in [9.17, 15) is 0 Å². The molecule has 2 aliphatic carbocycles. The molecule has 0 nitrogen and oxygen atoms in total. The van der Waals surface area contributed by atoms with Gasteiger partial charge < -0.3 is 34.0 Å². The molecule has 0 N–H and O–H groups in total. The summed E-state index contributed by atoms with van der Waals surface area (Å²) in [5.41, 5.74) is 8.49. The van der Waals surface area contributed by atoms with Crippen molar-refractivity contribution in [2.75, 3.05) is 0 Å². The van der Waals surface area contributed by atoms with Gasteiger partial charge in [-0.05, 0) is 0 Å². The predicted octanol–water partition coefficient (Wildman–Crippen LogP) is -1.04. The summed E-state index contributed by atoms with van der Waals surface area (Å²) in [6.45, 7) is 12.9. The van der Waals surface area contributed by atoms with E-state index >= 15 is 0 Å². The van der Waals surface area contributed by atoms with Crippen molar-refractivity contribution < 1.29 is 59.8 Å². The van der Waals surface area contributed by atoms with Crippen LogP contribution in [0.5, 0.6) is 0 Å². The van der Waals surface area contributed by atoms with E-state index in [4.69, 9.17) is 0 Å². The molecule has 0 fully saturated rings. The summed E-state index contributed by atoms with van der Waals surface area (Å²) in [5.74, 6) is 0. The van der Waals surface area contributed by atoms with Gasteiger partial charge in [-0.25, -0.2) is 11.1 Å². The van der Waals surface area contributed by atoms with Crippen LogP contribution in [-0.4, -0.2) is 0 Å². The van der Waals surface area contributed by atoms with Crippen molar-refractivity contribution in [1.29, 1.82) is 0 Å². The van der Waals surface area contributed by atoms with Gasteiger partial charge in [0.05, 0.1) is 0 Å². The molecule has 0 atom stereocenters. The maximum absolute atomic E-state index is 3.26. The van der Waals surface area contributed by atoms with Gasteiger partial charge in [0.1, 0.15) is 0 Å². The quantitative estimate of drug-likeness (QED) is 0.266. The average Bonchev–Trinajstić information content (AvgIpc) is 2.70. The number of hydrogen-bond donors (Lipinski definition) is 0. The molecule has 0 radical (unpaired) electrons. The minimum absolute atomic E-state index is 0. The zero-order valence-corrected chi connectivity index (χ0v) is 19.4. The fourth-order valence-corrected chi connectivity index (χ4v) is 1.70. The number of rotatable bonds is 0. The minimum atomic E-state index is 0. The Bertz CT molecular complexity index is 361. The Kier molecular flexibility index (Phi) is 14.9. The summed E-state index contributed by atoms with van der Waals surface area (Å²) < 4.78 is 0. The molecule has 19 heavy (non-hydrogen) atoms. The number of allylic oxidation sites excluding steroid dienone is 8. The van der Waals surface area contributed by atoms with E-state index < -0.39 is 0 Å². The van der Waals surface area contributed by atoms with Gasteiger partial charge >= 0.3 is 25.8 Å². The van der Waals surface area contributed by atoms with E-state index in [0.717, 1.165) is 12.8 Å². The van der Waals surface area contributed by atoms with Crippen LogP contribution < -0.4 is 34.0 Å². The van der Waals surface area contributed by atoms with Gasteiger partial charge in [0.15, 0.2) is 0 Å². The first-order valence-corrected chi connectivity index (χ1v) is 5.91. The second-order valence-corrected chi connectivity index (χ2v) is 4.77. The van der Waals surface area contributed by atoms with Crippen LogP contribution in [0.2, 0.25) is 0 Å². The van der Waals surface area contributed by atoms with Crippen molar-refractivity contribution in [2.45, 2.75) is 54.4 Å². The van der Waals surface area contributed by atoms with Gasteiger partial charge in [0.25, 0.3) is 0 Å². The van der Waals surface area contributed by atoms with Crippen LogP contribution in [0.3, 0.4) is 0 Å². The maximum Gasteiger partial charge on any atom is 4.00 e. The molecule has 0 unspecified atom stereocenters. The third-order valence-corrected chi connectivity index (χ3v) is 3.64. The van der Waals surface area contributed by atoms with Gasteiger partial charge in [-0.2, -0.15) is 22.3 Å². The van der Waals surface area contributed by atoms with E-state index in [1.165, 1.54) is 33.4 Å². The Morgan fingerprint density at radius 3 is 0.947 bits per heavy atom. The Morgan fingerprint density at radius 1 is 0.632 bits per heavy atom. The summed E-state index contributed by atoms with van der Waals surface area (Å²) in [5, 5.41) is 0. The third kappa shape index (κ3) is 7.38. The van der Waals surface area contributed by atoms with Crippen LogP contribution in [0, 0.1) is 12.2 Å². The molecular weight excluding hydrogens is 530 g/mol. The minimum Gasteiger partial charge on any atom is -1.00 e. The van der Waals surface area contributed by atoms with Gasteiger partial charge in [-0.3, -0.25) is 12.2 Å². The smallest absolute Gasteiger partial charge is 1.00 e. The van der Waals surface area contributed by atoms with Crippen molar-refractivity contribution >= 4 is 0 Å². The van der Waals surface area contributed by atoms with Gasteiger partial charge in [-0.15, -0.1) is 26.7 Å². The molecule has 0 aromatic heterocycles. The summed E-state index contributed by atoms with van der Waals surface area (Å²) in [7, 11) is 0. The summed E-state index contributed by atoms with van der Waals surface area (Å²) in [6, 6.07) is 0. The number of hydrogen-bond acceptors (Lipinski definition) is 0. The fourth-order valence-electron chi connectivity index (χ4n) is 1.70. The summed E-state index contributed by atoms with van der Waals surface area (Å²) >= 11 is 0. The second-order valence-electron chi connectivity index (χ2n) is 4.77. The summed E-state index contributed by atoms with van der Waals surface area (Å²) in [4.78, 5) is 0. The Morgan fingerprint density at radius 2 is 0.895 bits per heavy atom. The molecule has 0 aromatic rings. The monoisotopic (exact) mass is 552 g/mol. The molecular formula is C16H22Br2Hf. The van der Waals surface area contributed by atoms with E-state index in [2.05, 4.69) is 53.7 Å². The van der Waals surface area contributed by atoms with Crippen molar-refractivity contribution in [2.24, 2.45) is 0 Å². The molecule has 0 spiro atoms. The number of halogens is 2. The zero-order valence-electron chi connectivity index (χ0n) is 12.7. The van der Waals surface area contributed by atoms with Crippen LogP contribution in [0.1, 0.15) is 54.4 Å². The molecule has 0 saturated carbocycles. The van der Waals surface area contributed by atoms with Crippen LogP contribution in [0.4, 0.5) is 0 Å². The summed E-state index contributed by atoms with van der Waals surface area (Å²) in [6.07, 6.45) is 8.63. The van der Waals surface area contributed by atoms with E-state index in [-0.39, 0.29) is 59.8 Å². The molecule has 0 amide bonds. The van der Waals surface area contributed by atoms with Crippen LogP contribution in [0.15, 0.2) is 33.4 Å². The Labute approximate surface area is 158 Å². The molecule has 0 aromatic carbocycles. The first kappa shape index (κ1) is 24.8. The van der Waals surface area contributed by atoms with Crippen LogP contribution in [0.25, 0.3) is 0 Å². The second kappa shape index (κ2) is 11.4. The van der Waals surface area contributed by atoms with Gasteiger partial charge in [0, 0.05) is 0 Å². The topological polar surface area (TPSA) is 0 Å². The van der Waals surface area contributed by atoms with Crippen molar-refractivity contribution in [3.05, 3.63) is 45.6 Å². The van der Waals surface area contributed by atoms with E-state index in [1.54, 1.807) is 0 Å². The van der Waals surface area contributed by atoms with Crippen molar-refractivity contribution in [1.82, 2.24) is 0 Å². The first-order chi connectivity index (χ1) is 7.43. The first-order valence-electron chi connectivity index (χ1n) is 5.91. The average molecular weight is 553 g/mol. The Balaban J connectivity index is -0.000000233. The molecule has 0 heterocycles.